The largest absolute Gasteiger partial charge is 0.482 e. The molecule has 4 nitrogen and oxygen atoms in total. The van der Waals surface area contributed by atoms with E-state index in [0.717, 1.165) is 0 Å². The maximum absolute atomic E-state index is 13.5. The molecule has 0 radical (unpaired) electrons. The molecular weight excluding hydrogens is 271 g/mol. The van der Waals surface area contributed by atoms with E-state index < -0.39 is 5.82 Å². The fourth-order valence-electron chi connectivity index (χ4n) is 2.32. The van der Waals surface area contributed by atoms with Crippen LogP contribution >= 0.6 is 0 Å². The van der Waals surface area contributed by atoms with Crippen LogP contribution < -0.4 is 9.64 Å². The summed E-state index contributed by atoms with van der Waals surface area (Å²) in [5.41, 5.74) is 1.45. The van der Waals surface area contributed by atoms with Crippen LogP contribution in [0, 0.1) is 17.1 Å². The summed E-state index contributed by atoms with van der Waals surface area (Å²) < 4.78 is 18.8. The molecule has 2 aromatic rings. The van der Waals surface area contributed by atoms with Crippen molar-refractivity contribution < 1.29 is 13.9 Å². The van der Waals surface area contributed by atoms with Gasteiger partial charge in [-0.1, -0.05) is 12.1 Å². The normalized spacial score (nSPS) is 13.3. The molecule has 1 amide bonds. The highest BCUT2D eigenvalue weighted by molar-refractivity contribution is 5.97. The molecule has 0 atom stereocenters. The van der Waals surface area contributed by atoms with Crippen LogP contribution in [0.4, 0.5) is 10.1 Å². The van der Waals surface area contributed by atoms with Crippen molar-refractivity contribution in [2.45, 2.75) is 6.54 Å². The Balaban J connectivity index is 1.96. The number of rotatable bonds is 2. The zero-order chi connectivity index (χ0) is 14.8. The molecule has 0 aliphatic carbocycles. The standard InChI is InChI=1S/C16H11FN2O2/c17-13-6-11(8-18)5-12(7-13)9-19-14-3-1-2-4-15(14)21-10-16(19)20/h1-7H,9-10H2. The smallest absolute Gasteiger partial charge is 0.265 e. The third kappa shape index (κ3) is 2.56. The monoisotopic (exact) mass is 282 g/mol. The number of nitriles is 1. The second kappa shape index (κ2) is 5.25. The molecule has 1 aliphatic rings. The minimum atomic E-state index is -0.488. The highest BCUT2D eigenvalue weighted by Crippen LogP contribution is 2.32. The van der Waals surface area contributed by atoms with E-state index in [-0.39, 0.29) is 24.6 Å². The Morgan fingerprint density at radius 3 is 2.90 bits per heavy atom. The van der Waals surface area contributed by atoms with Crippen LogP contribution in [0.15, 0.2) is 42.5 Å². The number of amides is 1. The Kier molecular flexibility index (Phi) is 3.28. The van der Waals surface area contributed by atoms with Crippen LogP contribution in [0.1, 0.15) is 11.1 Å². The van der Waals surface area contributed by atoms with Gasteiger partial charge in [0.2, 0.25) is 0 Å². The maximum atomic E-state index is 13.5. The predicted molar refractivity (Wildman–Crippen MR) is 74.2 cm³/mol. The quantitative estimate of drug-likeness (QED) is 0.850. The molecule has 0 spiro atoms. The molecular formula is C16H11FN2O2. The molecule has 21 heavy (non-hydrogen) atoms. The Hall–Kier alpha value is -2.87. The highest BCUT2D eigenvalue weighted by atomic mass is 19.1. The van der Waals surface area contributed by atoms with Crippen LogP contribution in [0.25, 0.3) is 0 Å². The number of nitrogens with zero attached hydrogens (tertiary/aromatic N) is 2. The van der Waals surface area contributed by atoms with Gasteiger partial charge in [-0.2, -0.15) is 5.26 Å². The molecule has 2 aromatic carbocycles. The number of ether oxygens (including phenoxy) is 1. The minimum absolute atomic E-state index is 0.0442. The first-order valence-corrected chi connectivity index (χ1v) is 6.39. The number of benzene rings is 2. The third-order valence-electron chi connectivity index (χ3n) is 3.24. The Morgan fingerprint density at radius 1 is 1.29 bits per heavy atom. The zero-order valence-corrected chi connectivity index (χ0v) is 11.0. The van der Waals surface area contributed by atoms with Gasteiger partial charge >= 0.3 is 0 Å². The zero-order valence-electron chi connectivity index (χ0n) is 11.0. The van der Waals surface area contributed by atoms with Crippen molar-refractivity contribution in [3.05, 3.63) is 59.4 Å². The Bertz CT molecular complexity index is 752. The first-order valence-electron chi connectivity index (χ1n) is 6.39. The number of carbonyl (C=O) groups is 1. The lowest BCUT2D eigenvalue weighted by Crippen LogP contribution is -2.38. The molecule has 1 aliphatic heterocycles. The summed E-state index contributed by atoms with van der Waals surface area (Å²) in [7, 11) is 0. The van der Waals surface area contributed by atoms with Gasteiger partial charge in [0.15, 0.2) is 6.61 Å². The van der Waals surface area contributed by atoms with Crippen LogP contribution in [-0.2, 0) is 11.3 Å². The van der Waals surface area contributed by atoms with E-state index in [9.17, 15) is 9.18 Å². The third-order valence-corrected chi connectivity index (χ3v) is 3.24. The van der Waals surface area contributed by atoms with Crippen molar-refractivity contribution in [3.63, 3.8) is 0 Å². The van der Waals surface area contributed by atoms with E-state index >= 15 is 0 Å². The lowest BCUT2D eigenvalue weighted by atomic mass is 10.1. The van der Waals surface area contributed by atoms with E-state index in [1.807, 2.05) is 12.1 Å². The van der Waals surface area contributed by atoms with E-state index in [1.165, 1.54) is 17.0 Å². The lowest BCUT2D eigenvalue weighted by Gasteiger charge is -2.29. The second-order valence-corrected chi connectivity index (χ2v) is 4.70. The first kappa shape index (κ1) is 13.1. The molecule has 0 unspecified atom stereocenters. The molecule has 0 bridgehead atoms. The summed E-state index contributed by atoms with van der Waals surface area (Å²) in [6.45, 7) is 0.156. The van der Waals surface area contributed by atoms with Gasteiger partial charge in [-0.05, 0) is 35.9 Å². The van der Waals surface area contributed by atoms with Crippen molar-refractivity contribution >= 4 is 11.6 Å². The van der Waals surface area contributed by atoms with Crippen LogP contribution in [0.2, 0.25) is 0 Å². The van der Waals surface area contributed by atoms with E-state index in [1.54, 1.807) is 24.3 Å². The summed E-state index contributed by atoms with van der Waals surface area (Å²) in [4.78, 5) is 13.6. The number of carbonyl (C=O) groups excluding carboxylic acids is 1. The molecule has 0 saturated carbocycles. The Morgan fingerprint density at radius 2 is 2.10 bits per heavy atom. The molecule has 0 fully saturated rings. The van der Waals surface area contributed by atoms with Crippen molar-refractivity contribution in [1.29, 1.82) is 5.26 Å². The molecule has 0 aromatic heterocycles. The minimum Gasteiger partial charge on any atom is -0.482 e. The highest BCUT2D eigenvalue weighted by Gasteiger charge is 2.25. The van der Waals surface area contributed by atoms with Crippen molar-refractivity contribution in [1.82, 2.24) is 0 Å². The Labute approximate surface area is 121 Å². The fraction of sp³-hybridized carbons (Fsp3) is 0.125. The average Bonchev–Trinajstić information content (AvgIpc) is 2.49. The number of halogens is 1. The summed E-state index contributed by atoms with van der Waals surface area (Å²) in [5.74, 6) is -0.0662. The molecule has 0 N–H and O–H groups in total. The lowest BCUT2D eigenvalue weighted by molar-refractivity contribution is -0.121. The number of hydrogen-bond acceptors (Lipinski definition) is 3. The van der Waals surface area contributed by atoms with Gasteiger partial charge in [-0.25, -0.2) is 4.39 Å². The summed E-state index contributed by atoms with van der Waals surface area (Å²) in [6.07, 6.45) is 0. The molecule has 104 valence electrons. The van der Waals surface area contributed by atoms with E-state index in [2.05, 4.69) is 0 Å². The molecule has 0 saturated heterocycles. The van der Waals surface area contributed by atoms with Crippen LogP contribution in [0.5, 0.6) is 5.75 Å². The van der Waals surface area contributed by atoms with Crippen molar-refractivity contribution in [2.24, 2.45) is 0 Å². The SMILES string of the molecule is N#Cc1cc(F)cc(CN2C(=O)COc3ccccc32)c1. The van der Waals surface area contributed by atoms with E-state index in [0.29, 0.717) is 17.0 Å². The van der Waals surface area contributed by atoms with Gasteiger partial charge in [0.1, 0.15) is 11.6 Å². The van der Waals surface area contributed by atoms with Gasteiger partial charge in [-0.15, -0.1) is 0 Å². The maximum Gasteiger partial charge on any atom is 0.265 e. The van der Waals surface area contributed by atoms with Gasteiger partial charge in [0.25, 0.3) is 5.91 Å². The summed E-state index contributed by atoms with van der Waals surface area (Å²) >= 11 is 0. The van der Waals surface area contributed by atoms with Gasteiger partial charge in [-0.3, -0.25) is 4.79 Å². The first-order chi connectivity index (χ1) is 10.2. The van der Waals surface area contributed by atoms with Gasteiger partial charge < -0.3 is 9.64 Å². The van der Waals surface area contributed by atoms with Crippen LogP contribution in [0.3, 0.4) is 0 Å². The number of anilines is 1. The number of fused-ring (bicyclic) bond motifs is 1. The topological polar surface area (TPSA) is 53.3 Å². The van der Waals surface area contributed by atoms with Gasteiger partial charge in [0.05, 0.1) is 23.9 Å². The molecule has 3 rings (SSSR count). The number of para-hydroxylation sites is 2. The van der Waals surface area contributed by atoms with Crippen molar-refractivity contribution in [3.8, 4) is 11.8 Å². The average molecular weight is 282 g/mol. The summed E-state index contributed by atoms with van der Waals surface area (Å²) in [6, 6.07) is 13.2. The molecule has 1 heterocycles. The van der Waals surface area contributed by atoms with Gasteiger partial charge in [0, 0.05) is 0 Å². The second-order valence-electron chi connectivity index (χ2n) is 4.70. The van der Waals surface area contributed by atoms with Crippen LogP contribution in [-0.4, -0.2) is 12.5 Å². The molecule has 5 heteroatoms. The van der Waals surface area contributed by atoms with E-state index in [4.69, 9.17) is 10.00 Å². The van der Waals surface area contributed by atoms with Crippen molar-refractivity contribution in [2.75, 3.05) is 11.5 Å². The fourth-order valence-corrected chi connectivity index (χ4v) is 2.32. The summed E-state index contributed by atoms with van der Waals surface area (Å²) in [5, 5.41) is 8.88. The predicted octanol–water partition coefficient (Wildman–Crippen LogP) is 2.62. The number of hydrogen-bond donors (Lipinski definition) is 0.